The molecule has 1 saturated heterocycles. The van der Waals surface area contributed by atoms with Crippen molar-refractivity contribution in [3.05, 3.63) is 95.1 Å². The van der Waals surface area contributed by atoms with Crippen LogP contribution in [0.4, 0.5) is 5.69 Å². The zero-order valence-electron chi connectivity index (χ0n) is 21.1. The van der Waals surface area contributed by atoms with Gasteiger partial charge in [0.2, 0.25) is 5.91 Å². The van der Waals surface area contributed by atoms with Crippen molar-refractivity contribution in [2.24, 2.45) is 0 Å². The molecule has 1 fully saturated rings. The van der Waals surface area contributed by atoms with Crippen LogP contribution >= 0.6 is 0 Å². The number of carbonyl (C=O) groups excluding carboxylic acids is 1. The number of likely N-dealkylation sites (tertiary alicyclic amines) is 1. The van der Waals surface area contributed by atoms with E-state index >= 15 is 0 Å². The van der Waals surface area contributed by atoms with Crippen molar-refractivity contribution in [1.82, 2.24) is 10.2 Å². The van der Waals surface area contributed by atoms with Gasteiger partial charge in [0.25, 0.3) is 10.0 Å². The molecule has 36 heavy (non-hydrogen) atoms. The third-order valence-corrected chi connectivity index (χ3v) is 8.35. The van der Waals surface area contributed by atoms with Crippen LogP contribution in [0.25, 0.3) is 0 Å². The molecule has 0 unspecified atom stereocenters. The minimum absolute atomic E-state index is 0.156. The Hall–Kier alpha value is -3.16. The zero-order valence-corrected chi connectivity index (χ0v) is 21.9. The molecular weight excluding hydrogens is 470 g/mol. The molecule has 3 aromatic carbocycles. The lowest BCUT2D eigenvalue weighted by Crippen LogP contribution is -2.41. The number of sulfonamides is 1. The summed E-state index contributed by atoms with van der Waals surface area (Å²) >= 11 is 0. The number of nitrogens with one attached hydrogen (secondary N) is 1. The Bertz CT molecular complexity index is 1290. The molecule has 0 bridgehead atoms. The summed E-state index contributed by atoms with van der Waals surface area (Å²) in [6, 6.07) is 22.0. The van der Waals surface area contributed by atoms with Crippen LogP contribution in [0.5, 0.6) is 0 Å². The Morgan fingerprint density at radius 3 is 2.33 bits per heavy atom. The van der Waals surface area contributed by atoms with Gasteiger partial charge in [0, 0.05) is 13.1 Å². The average Bonchev–Trinajstić information content (AvgIpc) is 2.88. The third-order valence-electron chi connectivity index (χ3n) is 6.58. The summed E-state index contributed by atoms with van der Waals surface area (Å²) in [5.41, 5.74) is 4.56. The topological polar surface area (TPSA) is 69.7 Å². The predicted molar refractivity (Wildman–Crippen MR) is 144 cm³/mol. The first-order valence-corrected chi connectivity index (χ1v) is 14.0. The Balaban J connectivity index is 1.48. The molecule has 0 saturated carbocycles. The Labute approximate surface area is 215 Å². The van der Waals surface area contributed by atoms with Crippen LogP contribution < -0.4 is 9.62 Å². The van der Waals surface area contributed by atoms with E-state index in [1.807, 2.05) is 38.1 Å². The van der Waals surface area contributed by atoms with Crippen LogP contribution in [-0.2, 0) is 27.9 Å². The molecule has 1 amide bonds. The summed E-state index contributed by atoms with van der Waals surface area (Å²) in [6.07, 6.45) is 3.80. The first-order valence-electron chi connectivity index (χ1n) is 12.5. The van der Waals surface area contributed by atoms with Gasteiger partial charge < -0.3 is 5.32 Å². The van der Waals surface area contributed by atoms with E-state index in [-0.39, 0.29) is 17.3 Å². The fraction of sp³-hybridized carbons (Fsp3) is 0.345. The normalized spacial score (nSPS) is 14.4. The molecule has 6 nitrogen and oxygen atoms in total. The van der Waals surface area contributed by atoms with E-state index in [1.54, 1.807) is 36.4 Å². The summed E-state index contributed by atoms with van der Waals surface area (Å²) in [5.74, 6) is -0.351. The number of hydrogen-bond donors (Lipinski definition) is 1. The van der Waals surface area contributed by atoms with Gasteiger partial charge in [-0.05, 0) is 74.7 Å². The highest BCUT2D eigenvalue weighted by Gasteiger charge is 2.28. The molecule has 1 aliphatic heterocycles. The quantitative estimate of drug-likeness (QED) is 0.454. The van der Waals surface area contributed by atoms with Gasteiger partial charge >= 0.3 is 0 Å². The largest absolute Gasteiger partial charge is 0.350 e. The summed E-state index contributed by atoms with van der Waals surface area (Å²) in [7, 11) is -3.92. The van der Waals surface area contributed by atoms with Gasteiger partial charge in [-0.1, -0.05) is 66.6 Å². The van der Waals surface area contributed by atoms with E-state index < -0.39 is 10.0 Å². The van der Waals surface area contributed by atoms with Crippen LogP contribution in [0.15, 0.2) is 77.7 Å². The number of piperidine rings is 1. The van der Waals surface area contributed by atoms with Crippen molar-refractivity contribution in [2.75, 3.05) is 23.9 Å². The van der Waals surface area contributed by atoms with Crippen LogP contribution in [0.3, 0.4) is 0 Å². The number of nitrogens with zero attached hydrogens (tertiary/aromatic N) is 2. The first kappa shape index (κ1) is 25.9. The second-order valence-corrected chi connectivity index (χ2v) is 11.4. The fourth-order valence-corrected chi connectivity index (χ4v) is 6.21. The molecule has 0 spiro atoms. The van der Waals surface area contributed by atoms with Gasteiger partial charge in [0.1, 0.15) is 6.54 Å². The van der Waals surface area contributed by atoms with Crippen molar-refractivity contribution in [3.8, 4) is 0 Å². The highest BCUT2D eigenvalue weighted by Crippen LogP contribution is 2.27. The smallest absolute Gasteiger partial charge is 0.264 e. The van der Waals surface area contributed by atoms with Crippen molar-refractivity contribution in [2.45, 2.75) is 51.1 Å². The van der Waals surface area contributed by atoms with E-state index in [1.165, 1.54) is 29.1 Å². The van der Waals surface area contributed by atoms with E-state index in [4.69, 9.17) is 0 Å². The van der Waals surface area contributed by atoms with Gasteiger partial charge in [-0.15, -0.1) is 0 Å². The molecule has 1 aliphatic rings. The molecule has 4 rings (SSSR count). The van der Waals surface area contributed by atoms with Crippen molar-refractivity contribution >= 4 is 21.6 Å². The minimum Gasteiger partial charge on any atom is -0.350 e. The maximum absolute atomic E-state index is 13.6. The third kappa shape index (κ3) is 6.53. The predicted octanol–water partition coefficient (Wildman–Crippen LogP) is 4.80. The maximum Gasteiger partial charge on any atom is 0.264 e. The summed E-state index contributed by atoms with van der Waals surface area (Å²) in [6.45, 7) is 7.04. The molecular formula is C29H35N3O3S. The second-order valence-electron chi connectivity index (χ2n) is 9.55. The molecule has 1 heterocycles. The SMILES string of the molecule is Cc1ccc(N(CC(=O)NCc2cccc(CN3CCCCC3)c2)S(=O)(=O)c2ccccc2)c(C)c1. The summed E-state index contributed by atoms with van der Waals surface area (Å²) < 4.78 is 28.3. The number of rotatable bonds is 9. The monoisotopic (exact) mass is 505 g/mol. The first-order chi connectivity index (χ1) is 17.3. The number of carbonyl (C=O) groups is 1. The molecule has 0 aromatic heterocycles. The molecule has 1 N–H and O–H groups in total. The molecule has 0 aliphatic carbocycles. The highest BCUT2D eigenvalue weighted by molar-refractivity contribution is 7.92. The Kier molecular flexibility index (Phi) is 8.44. The van der Waals surface area contributed by atoms with Crippen molar-refractivity contribution < 1.29 is 13.2 Å². The van der Waals surface area contributed by atoms with Crippen LogP contribution in [0, 0.1) is 13.8 Å². The lowest BCUT2D eigenvalue weighted by molar-refractivity contribution is -0.119. The zero-order chi connectivity index (χ0) is 25.5. The summed E-state index contributed by atoms with van der Waals surface area (Å²) in [5, 5.41) is 2.93. The lowest BCUT2D eigenvalue weighted by atomic mass is 10.1. The number of amides is 1. The molecule has 7 heteroatoms. The maximum atomic E-state index is 13.6. The molecule has 190 valence electrons. The Morgan fingerprint density at radius 2 is 1.61 bits per heavy atom. The number of anilines is 1. The number of hydrogen-bond acceptors (Lipinski definition) is 4. The van der Waals surface area contributed by atoms with E-state index in [0.29, 0.717) is 12.2 Å². The van der Waals surface area contributed by atoms with Crippen molar-refractivity contribution in [1.29, 1.82) is 0 Å². The molecule has 0 radical (unpaired) electrons. The average molecular weight is 506 g/mol. The van der Waals surface area contributed by atoms with Gasteiger partial charge in [-0.2, -0.15) is 0 Å². The van der Waals surface area contributed by atoms with Crippen molar-refractivity contribution in [3.63, 3.8) is 0 Å². The van der Waals surface area contributed by atoms with Crippen LogP contribution in [0.2, 0.25) is 0 Å². The summed E-state index contributed by atoms with van der Waals surface area (Å²) in [4.78, 5) is 15.7. The second kappa shape index (κ2) is 11.7. The number of aryl methyl sites for hydroxylation is 2. The molecule has 3 aromatic rings. The van der Waals surface area contributed by atoms with E-state index in [0.717, 1.165) is 36.3 Å². The number of benzene rings is 3. The van der Waals surface area contributed by atoms with E-state index in [9.17, 15) is 13.2 Å². The van der Waals surface area contributed by atoms with Crippen LogP contribution in [-0.4, -0.2) is 38.9 Å². The fourth-order valence-electron chi connectivity index (χ4n) is 4.71. The highest BCUT2D eigenvalue weighted by atomic mass is 32.2. The molecule has 0 atom stereocenters. The van der Waals surface area contributed by atoms with Crippen LogP contribution in [0.1, 0.15) is 41.5 Å². The van der Waals surface area contributed by atoms with E-state index in [2.05, 4.69) is 22.3 Å². The van der Waals surface area contributed by atoms with Gasteiger partial charge in [-0.25, -0.2) is 8.42 Å². The Morgan fingerprint density at radius 1 is 0.889 bits per heavy atom. The standard InChI is InChI=1S/C29H35N3O3S/c1-23-14-15-28(24(2)18-23)32(36(34,35)27-12-5-3-6-13-27)22-29(33)30-20-25-10-9-11-26(19-25)21-31-16-7-4-8-17-31/h3,5-6,9-15,18-19H,4,7-8,16-17,20-22H2,1-2H3,(H,30,33). The lowest BCUT2D eigenvalue weighted by Gasteiger charge is -2.26. The minimum atomic E-state index is -3.92. The van der Waals surface area contributed by atoms with Gasteiger partial charge in [-0.3, -0.25) is 14.0 Å². The van der Waals surface area contributed by atoms with Gasteiger partial charge in [0.15, 0.2) is 0 Å². The van der Waals surface area contributed by atoms with Gasteiger partial charge in [0.05, 0.1) is 10.6 Å².